The highest BCUT2D eigenvalue weighted by atomic mass is 16.5. The quantitative estimate of drug-likeness (QED) is 0.133. The lowest BCUT2D eigenvalue weighted by Gasteiger charge is -2.38. The molecule has 0 saturated carbocycles. The molecule has 0 aromatic heterocycles. The van der Waals surface area contributed by atoms with Crippen LogP contribution in [0.5, 0.6) is 0 Å². The molecule has 0 saturated heterocycles. The second kappa shape index (κ2) is 15.2. The molecule has 0 aliphatic rings. The van der Waals surface area contributed by atoms with Crippen molar-refractivity contribution in [2.24, 2.45) is 0 Å². The van der Waals surface area contributed by atoms with Crippen LogP contribution in [0.2, 0.25) is 0 Å². The molecule has 230 valence electrons. The minimum absolute atomic E-state index is 0.108. The predicted molar refractivity (Wildman–Crippen MR) is 179 cm³/mol. The molecule has 0 aliphatic carbocycles. The number of likely N-dealkylation sites (N-methyl/N-ethyl adjacent to an activating group) is 2. The number of nitrogens with zero attached hydrogens (tertiary/aromatic N) is 2. The van der Waals surface area contributed by atoms with E-state index in [-0.39, 0.29) is 23.7 Å². The molecule has 4 aromatic carbocycles. The summed E-state index contributed by atoms with van der Waals surface area (Å²) in [7, 11) is 7.85. The first-order chi connectivity index (χ1) is 21.2. The number of benzene rings is 4. The summed E-state index contributed by atoms with van der Waals surface area (Å²) in [6, 6.07) is 35.8. The lowest BCUT2D eigenvalue weighted by Crippen LogP contribution is -2.52. The predicted octanol–water partition coefficient (Wildman–Crippen LogP) is 7.65. The highest BCUT2D eigenvalue weighted by Crippen LogP contribution is 2.31. The number of carbonyl (C=O) groups is 2. The Labute approximate surface area is 263 Å². The molecular formula is C39H46N2O3. The summed E-state index contributed by atoms with van der Waals surface area (Å²) >= 11 is 0. The van der Waals surface area contributed by atoms with Gasteiger partial charge >= 0.3 is 0 Å². The second-order valence-electron chi connectivity index (χ2n) is 11.9. The molecule has 0 heterocycles. The highest BCUT2D eigenvalue weighted by Gasteiger charge is 2.39. The normalized spacial score (nSPS) is 14.3. The third-order valence-electron chi connectivity index (χ3n) is 8.75. The maximum Gasteiger partial charge on any atom is 0.183 e. The fraction of sp³-hybridized carbons (Fsp3) is 0.333. The van der Waals surface area contributed by atoms with E-state index in [0.717, 1.165) is 28.7 Å². The zero-order valence-corrected chi connectivity index (χ0v) is 27.0. The van der Waals surface area contributed by atoms with Gasteiger partial charge in [0.05, 0.1) is 18.2 Å². The first-order valence-electron chi connectivity index (χ1n) is 15.5. The monoisotopic (exact) mass is 590 g/mol. The van der Waals surface area contributed by atoms with Gasteiger partial charge < -0.3 is 4.74 Å². The number of ketones is 2. The van der Waals surface area contributed by atoms with E-state index in [2.05, 4.69) is 24.0 Å². The number of rotatable bonds is 15. The van der Waals surface area contributed by atoms with Crippen molar-refractivity contribution >= 4 is 11.6 Å². The van der Waals surface area contributed by atoms with E-state index < -0.39 is 5.54 Å². The number of hydrogen-bond donors (Lipinski definition) is 0. The molecule has 44 heavy (non-hydrogen) atoms. The van der Waals surface area contributed by atoms with Crippen LogP contribution in [-0.4, -0.2) is 61.1 Å². The summed E-state index contributed by atoms with van der Waals surface area (Å²) in [5.74, 6) is 0.223. The Balaban J connectivity index is 1.64. The molecule has 0 radical (unpaired) electrons. The van der Waals surface area contributed by atoms with Crippen LogP contribution in [0.25, 0.3) is 0 Å². The van der Waals surface area contributed by atoms with E-state index in [9.17, 15) is 9.59 Å². The summed E-state index contributed by atoms with van der Waals surface area (Å²) < 4.78 is 6.53. The van der Waals surface area contributed by atoms with Crippen molar-refractivity contribution in [3.05, 3.63) is 143 Å². The molecule has 4 aromatic rings. The topological polar surface area (TPSA) is 49.9 Å². The smallest absolute Gasteiger partial charge is 0.183 e. The Morgan fingerprint density at radius 3 is 1.64 bits per heavy atom. The molecule has 3 unspecified atom stereocenters. The van der Waals surface area contributed by atoms with Gasteiger partial charge in [0.1, 0.15) is 6.10 Å². The van der Waals surface area contributed by atoms with Crippen LogP contribution in [0.15, 0.2) is 109 Å². The molecule has 0 amide bonds. The average molecular weight is 591 g/mol. The van der Waals surface area contributed by atoms with Crippen molar-refractivity contribution in [1.29, 1.82) is 0 Å². The van der Waals surface area contributed by atoms with Crippen LogP contribution >= 0.6 is 0 Å². The van der Waals surface area contributed by atoms with Crippen LogP contribution < -0.4 is 0 Å². The standard InChI is InChI=1S/C39H46N2O3/c1-7-35(40(3)4)36(42)31-19-21-32(22-20-31)37(44-28-30-17-13-10-14-18-30)33-23-25-34(26-24-33)38(43)39(8-2,41(5)6)27-29-15-11-9-12-16-29/h9-26,35,37H,7-8,27-28H2,1-6H3. The molecule has 0 aliphatic heterocycles. The number of Topliss-reactive ketones (excluding diaryl/α,β-unsaturated/α-hetero) is 2. The summed E-state index contributed by atoms with van der Waals surface area (Å²) in [5.41, 5.74) is 4.83. The van der Waals surface area contributed by atoms with Crippen molar-refractivity contribution in [3.8, 4) is 0 Å². The van der Waals surface area contributed by atoms with Crippen molar-refractivity contribution in [1.82, 2.24) is 9.80 Å². The van der Waals surface area contributed by atoms with Gasteiger partial charge in [-0.15, -0.1) is 0 Å². The Kier molecular flexibility index (Phi) is 11.4. The number of ether oxygens (including phenoxy) is 1. The third kappa shape index (κ3) is 7.59. The maximum absolute atomic E-state index is 14.1. The minimum atomic E-state index is -0.655. The van der Waals surface area contributed by atoms with Gasteiger partial charge in [-0.25, -0.2) is 0 Å². The summed E-state index contributed by atoms with van der Waals surface area (Å²) in [4.78, 5) is 31.3. The van der Waals surface area contributed by atoms with Crippen LogP contribution in [-0.2, 0) is 17.8 Å². The molecule has 5 heteroatoms. The fourth-order valence-electron chi connectivity index (χ4n) is 5.99. The van der Waals surface area contributed by atoms with E-state index in [1.807, 2.05) is 137 Å². The zero-order chi connectivity index (χ0) is 31.7. The van der Waals surface area contributed by atoms with Gasteiger partial charge in [0.2, 0.25) is 0 Å². The zero-order valence-electron chi connectivity index (χ0n) is 27.0. The maximum atomic E-state index is 14.1. The van der Waals surface area contributed by atoms with Gasteiger partial charge in [0, 0.05) is 11.1 Å². The molecular weight excluding hydrogens is 544 g/mol. The van der Waals surface area contributed by atoms with Gasteiger partial charge in [-0.3, -0.25) is 19.4 Å². The summed E-state index contributed by atoms with van der Waals surface area (Å²) in [6.07, 6.45) is 1.71. The lowest BCUT2D eigenvalue weighted by atomic mass is 9.80. The van der Waals surface area contributed by atoms with Crippen molar-refractivity contribution in [2.45, 2.75) is 57.4 Å². The van der Waals surface area contributed by atoms with Crippen LogP contribution in [0.3, 0.4) is 0 Å². The first kappa shape index (κ1) is 33.0. The van der Waals surface area contributed by atoms with E-state index in [1.54, 1.807) is 0 Å². The van der Waals surface area contributed by atoms with E-state index in [0.29, 0.717) is 30.6 Å². The largest absolute Gasteiger partial charge is 0.364 e. The van der Waals surface area contributed by atoms with Gasteiger partial charge in [0.15, 0.2) is 11.6 Å². The van der Waals surface area contributed by atoms with Gasteiger partial charge in [-0.2, -0.15) is 0 Å². The Morgan fingerprint density at radius 2 is 1.18 bits per heavy atom. The Bertz CT molecular complexity index is 1480. The number of carbonyl (C=O) groups excluding carboxylic acids is 2. The van der Waals surface area contributed by atoms with Gasteiger partial charge in [0.25, 0.3) is 0 Å². The third-order valence-corrected chi connectivity index (χ3v) is 8.75. The Hall–Kier alpha value is -3.90. The highest BCUT2D eigenvalue weighted by molar-refractivity contribution is 6.03. The van der Waals surface area contributed by atoms with Crippen LogP contribution in [0.1, 0.15) is 75.8 Å². The lowest BCUT2D eigenvalue weighted by molar-refractivity contribution is 0.0655. The van der Waals surface area contributed by atoms with Crippen molar-refractivity contribution < 1.29 is 14.3 Å². The minimum Gasteiger partial charge on any atom is -0.364 e. The fourth-order valence-corrected chi connectivity index (χ4v) is 5.99. The van der Waals surface area contributed by atoms with E-state index >= 15 is 0 Å². The van der Waals surface area contributed by atoms with E-state index in [4.69, 9.17) is 4.74 Å². The molecule has 5 nitrogen and oxygen atoms in total. The molecule has 0 spiro atoms. The molecule has 0 fully saturated rings. The summed E-state index contributed by atoms with van der Waals surface area (Å²) in [5, 5.41) is 0. The average Bonchev–Trinajstić information content (AvgIpc) is 3.05. The summed E-state index contributed by atoms with van der Waals surface area (Å²) in [6.45, 7) is 4.55. The van der Waals surface area contributed by atoms with Crippen molar-refractivity contribution in [2.75, 3.05) is 28.2 Å². The molecule has 3 atom stereocenters. The van der Waals surface area contributed by atoms with Crippen LogP contribution in [0.4, 0.5) is 0 Å². The molecule has 4 rings (SSSR count). The van der Waals surface area contributed by atoms with E-state index in [1.165, 1.54) is 0 Å². The Morgan fingerprint density at radius 1 is 0.682 bits per heavy atom. The van der Waals surface area contributed by atoms with Gasteiger partial charge in [-0.05, 0) is 69.7 Å². The second-order valence-corrected chi connectivity index (χ2v) is 11.9. The molecule has 0 bridgehead atoms. The van der Waals surface area contributed by atoms with Gasteiger partial charge in [-0.1, -0.05) is 123 Å². The first-order valence-corrected chi connectivity index (χ1v) is 15.5. The van der Waals surface area contributed by atoms with Crippen LogP contribution in [0, 0.1) is 0 Å². The van der Waals surface area contributed by atoms with Crippen molar-refractivity contribution in [3.63, 3.8) is 0 Å². The SMILES string of the molecule is CCC(C(=O)c1ccc(C(OCc2ccccc2)c2ccc(C(=O)C(CC)(Cc3ccccc3)N(C)C)cc2)cc1)N(C)C. The number of hydrogen-bond acceptors (Lipinski definition) is 5. The molecule has 0 N–H and O–H groups in total.